The van der Waals surface area contributed by atoms with Gasteiger partial charge in [-0.25, -0.2) is 4.79 Å². The van der Waals surface area contributed by atoms with Gasteiger partial charge >= 0.3 is 5.97 Å². The van der Waals surface area contributed by atoms with Crippen molar-refractivity contribution in [3.05, 3.63) is 59.7 Å². The van der Waals surface area contributed by atoms with Gasteiger partial charge in [-0.3, -0.25) is 4.55 Å². The van der Waals surface area contributed by atoms with E-state index in [1.54, 1.807) is 12.1 Å². The molecule has 0 aromatic heterocycles. The molecule has 0 amide bonds. The van der Waals surface area contributed by atoms with Gasteiger partial charge in [-0.15, -0.1) is 0 Å². The summed E-state index contributed by atoms with van der Waals surface area (Å²) < 4.78 is 36.4. The number of hydrogen-bond acceptors (Lipinski definition) is 4. The van der Waals surface area contributed by atoms with E-state index in [1.807, 2.05) is 12.1 Å². The number of ether oxygens (including phenoxy) is 1. The Balaban J connectivity index is 1.57. The Bertz CT molecular complexity index is 934. The van der Waals surface area contributed by atoms with Crippen molar-refractivity contribution in [1.29, 1.82) is 0 Å². The average molecular weight is 489 g/mol. The lowest BCUT2D eigenvalue weighted by Crippen LogP contribution is -2.08. The van der Waals surface area contributed by atoms with Gasteiger partial charge in [0.1, 0.15) is 5.75 Å². The lowest BCUT2D eigenvalue weighted by Gasteiger charge is -2.06. The zero-order valence-electron chi connectivity index (χ0n) is 20.5. The number of aryl methyl sites for hydroxylation is 1. The Kier molecular flexibility index (Phi) is 12.9. The molecular weight excluding hydrogens is 448 g/mol. The standard InChI is InChI=1S/C28H40O5S/c1-2-3-4-5-6-7-8-9-10-11-12-13-14-15-24-16-18-25(19-17-24)28(29)33-26-20-22-27(23-21-26)34(30,31)32/h16-23H,2-15H2,1H3,(H,30,31,32). The van der Waals surface area contributed by atoms with E-state index in [0.29, 0.717) is 5.56 Å². The van der Waals surface area contributed by atoms with Crippen molar-refractivity contribution < 1.29 is 22.5 Å². The van der Waals surface area contributed by atoms with Crippen molar-refractivity contribution in [3.8, 4) is 5.75 Å². The molecule has 2 aromatic rings. The molecule has 0 radical (unpaired) electrons. The van der Waals surface area contributed by atoms with Crippen LogP contribution < -0.4 is 4.74 Å². The van der Waals surface area contributed by atoms with Crippen LogP contribution in [0.15, 0.2) is 53.4 Å². The highest BCUT2D eigenvalue weighted by Gasteiger charge is 2.12. The number of hydrogen-bond donors (Lipinski definition) is 1. The van der Waals surface area contributed by atoms with Crippen molar-refractivity contribution in [2.24, 2.45) is 0 Å². The molecule has 0 saturated heterocycles. The highest BCUT2D eigenvalue weighted by Crippen LogP contribution is 2.18. The van der Waals surface area contributed by atoms with Crippen LogP contribution in [0, 0.1) is 0 Å². The maximum atomic E-state index is 12.3. The molecule has 1 N–H and O–H groups in total. The lowest BCUT2D eigenvalue weighted by atomic mass is 10.0. The molecule has 34 heavy (non-hydrogen) atoms. The second-order valence-corrected chi connectivity index (χ2v) is 10.4. The molecule has 0 bridgehead atoms. The first-order valence-corrected chi connectivity index (χ1v) is 14.2. The van der Waals surface area contributed by atoms with Crippen LogP contribution in [0.4, 0.5) is 0 Å². The molecule has 6 heteroatoms. The molecule has 0 spiro atoms. The molecule has 5 nitrogen and oxygen atoms in total. The zero-order valence-corrected chi connectivity index (χ0v) is 21.3. The quantitative estimate of drug-likeness (QED) is 0.106. The molecule has 0 heterocycles. The van der Waals surface area contributed by atoms with Crippen molar-refractivity contribution >= 4 is 16.1 Å². The average Bonchev–Trinajstić information content (AvgIpc) is 2.82. The second-order valence-electron chi connectivity index (χ2n) is 9.03. The van der Waals surface area contributed by atoms with E-state index in [4.69, 9.17) is 9.29 Å². The SMILES string of the molecule is CCCCCCCCCCCCCCCc1ccc(C(=O)Oc2ccc(S(=O)(=O)O)cc2)cc1. The fourth-order valence-corrected chi connectivity index (χ4v) is 4.48. The number of carbonyl (C=O) groups is 1. The van der Waals surface area contributed by atoms with Gasteiger partial charge in [0.05, 0.1) is 10.5 Å². The van der Waals surface area contributed by atoms with Gasteiger partial charge in [0.25, 0.3) is 10.1 Å². The van der Waals surface area contributed by atoms with Gasteiger partial charge in [-0.2, -0.15) is 8.42 Å². The largest absolute Gasteiger partial charge is 0.423 e. The third-order valence-electron chi connectivity index (χ3n) is 6.09. The van der Waals surface area contributed by atoms with Crippen LogP contribution in [0.25, 0.3) is 0 Å². The van der Waals surface area contributed by atoms with Crippen molar-refractivity contribution in [1.82, 2.24) is 0 Å². The minimum Gasteiger partial charge on any atom is -0.423 e. The Labute approximate surface area is 205 Å². The van der Waals surface area contributed by atoms with Gasteiger partial charge in [0, 0.05) is 0 Å². The van der Waals surface area contributed by atoms with E-state index in [1.165, 1.54) is 107 Å². The van der Waals surface area contributed by atoms with E-state index < -0.39 is 16.1 Å². The topological polar surface area (TPSA) is 80.7 Å². The second kappa shape index (κ2) is 15.7. The summed E-state index contributed by atoms with van der Waals surface area (Å²) >= 11 is 0. The van der Waals surface area contributed by atoms with E-state index >= 15 is 0 Å². The maximum absolute atomic E-state index is 12.3. The Morgan fingerprint density at radius 2 is 1.18 bits per heavy atom. The van der Waals surface area contributed by atoms with Crippen LogP contribution in [0.1, 0.15) is 106 Å². The number of unbranched alkanes of at least 4 members (excludes halogenated alkanes) is 12. The minimum atomic E-state index is -4.27. The lowest BCUT2D eigenvalue weighted by molar-refractivity contribution is 0.0734. The minimum absolute atomic E-state index is 0.216. The molecule has 0 saturated carbocycles. The van der Waals surface area contributed by atoms with E-state index in [2.05, 4.69) is 6.92 Å². The number of carbonyl (C=O) groups excluding carboxylic acids is 1. The number of esters is 1. The molecular formula is C28H40O5S. The Morgan fingerprint density at radius 3 is 1.65 bits per heavy atom. The third kappa shape index (κ3) is 11.3. The number of benzene rings is 2. The molecule has 0 aliphatic carbocycles. The van der Waals surface area contributed by atoms with Crippen molar-refractivity contribution in [2.75, 3.05) is 0 Å². The summed E-state index contributed by atoms with van der Waals surface area (Å²) in [5.74, 6) is -0.291. The highest BCUT2D eigenvalue weighted by molar-refractivity contribution is 7.85. The Morgan fingerprint density at radius 1 is 0.706 bits per heavy atom. The van der Waals surface area contributed by atoms with Crippen LogP contribution in [0.5, 0.6) is 5.75 Å². The van der Waals surface area contributed by atoms with E-state index in [-0.39, 0.29) is 10.6 Å². The molecule has 0 unspecified atom stereocenters. The molecule has 0 aliphatic rings. The summed E-state index contributed by atoms with van der Waals surface area (Å²) in [6.45, 7) is 2.26. The van der Waals surface area contributed by atoms with Crippen LogP contribution in [-0.2, 0) is 16.5 Å². The van der Waals surface area contributed by atoms with Crippen molar-refractivity contribution in [3.63, 3.8) is 0 Å². The molecule has 188 valence electrons. The van der Waals surface area contributed by atoms with E-state index in [0.717, 1.165) is 12.8 Å². The van der Waals surface area contributed by atoms with Crippen molar-refractivity contribution in [2.45, 2.75) is 102 Å². The first-order chi connectivity index (χ1) is 16.4. The zero-order chi connectivity index (χ0) is 24.7. The maximum Gasteiger partial charge on any atom is 0.343 e. The molecule has 2 rings (SSSR count). The fourth-order valence-electron chi connectivity index (χ4n) is 4.00. The first-order valence-electron chi connectivity index (χ1n) is 12.8. The van der Waals surface area contributed by atoms with Gasteiger partial charge in [0.15, 0.2) is 0 Å². The summed E-state index contributed by atoms with van der Waals surface area (Å²) in [7, 11) is -4.27. The van der Waals surface area contributed by atoms with Gasteiger partial charge in [-0.05, 0) is 54.8 Å². The number of rotatable bonds is 17. The summed E-state index contributed by atoms with van der Waals surface area (Å²) in [6.07, 6.45) is 18.4. The first kappa shape index (κ1) is 28.1. The van der Waals surface area contributed by atoms with Crippen LogP contribution >= 0.6 is 0 Å². The highest BCUT2D eigenvalue weighted by atomic mass is 32.2. The molecule has 0 atom stereocenters. The summed E-state index contributed by atoms with van der Waals surface area (Å²) in [5.41, 5.74) is 1.64. The van der Waals surface area contributed by atoms with Crippen LogP contribution in [0.3, 0.4) is 0 Å². The smallest absolute Gasteiger partial charge is 0.343 e. The molecule has 2 aromatic carbocycles. The fraction of sp³-hybridized carbons (Fsp3) is 0.536. The van der Waals surface area contributed by atoms with Crippen LogP contribution in [0.2, 0.25) is 0 Å². The van der Waals surface area contributed by atoms with Gasteiger partial charge in [-0.1, -0.05) is 96.1 Å². The van der Waals surface area contributed by atoms with Crippen LogP contribution in [-0.4, -0.2) is 18.9 Å². The normalized spacial score (nSPS) is 11.5. The van der Waals surface area contributed by atoms with Gasteiger partial charge in [0.2, 0.25) is 0 Å². The summed E-state index contributed by atoms with van der Waals surface area (Å²) in [4.78, 5) is 12.1. The predicted octanol–water partition coefficient (Wildman–Crippen LogP) is 7.79. The van der Waals surface area contributed by atoms with Gasteiger partial charge < -0.3 is 4.74 Å². The third-order valence-corrected chi connectivity index (χ3v) is 6.96. The summed E-state index contributed by atoms with van der Waals surface area (Å²) in [6, 6.07) is 12.5. The molecule has 0 fully saturated rings. The predicted molar refractivity (Wildman–Crippen MR) is 137 cm³/mol. The van der Waals surface area contributed by atoms with E-state index in [9.17, 15) is 13.2 Å². The Hall–Kier alpha value is -2.18. The molecule has 0 aliphatic heterocycles. The summed E-state index contributed by atoms with van der Waals surface area (Å²) in [5, 5.41) is 0. The monoisotopic (exact) mass is 488 g/mol.